The van der Waals surface area contributed by atoms with Crippen LogP contribution < -0.4 is 19.5 Å². The van der Waals surface area contributed by atoms with Crippen molar-refractivity contribution in [2.75, 3.05) is 32.8 Å². The number of nitrogens with one attached hydrogen (secondary N) is 1. The smallest absolute Gasteiger partial charge is 0.339 e. The zero-order chi connectivity index (χ0) is 19.2. The van der Waals surface area contributed by atoms with E-state index in [0.29, 0.717) is 41.7 Å². The Morgan fingerprint density at radius 1 is 1.11 bits per heavy atom. The van der Waals surface area contributed by atoms with E-state index in [1.54, 1.807) is 42.5 Å². The lowest BCUT2D eigenvalue weighted by molar-refractivity contribution is -0.111. The molecule has 27 heavy (non-hydrogen) atoms. The van der Waals surface area contributed by atoms with Crippen molar-refractivity contribution in [2.45, 2.75) is 0 Å². The molecule has 0 aromatic heterocycles. The van der Waals surface area contributed by atoms with E-state index in [4.69, 9.17) is 18.9 Å². The first-order valence-electron chi connectivity index (χ1n) is 8.26. The van der Waals surface area contributed by atoms with Gasteiger partial charge < -0.3 is 24.3 Å². The minimum Gasteiger partial charge on any atom is -0.493 e. The molecule has 0 radical (unpaired) electrons. The highest BCUT2D eigenvalue weighted by atomic mass is 16.6. The fourth-order valence-electron chi connectivity index (χ4n) is 2.62. The second kappa shape index (κ2) is 8.27. The van der Waals surface area contributed by atoms with Gasteiger partial charge in [-0.05, 0) is 35.9 Å². The summed E-state index contributed by atoms with van der Waals surface area (Å²) in [6.45, 7) is 0.911. The lowest BCUT2D eigenvalue weighted by atomic mass is 10.1. The molecule has 0 saturated heterocycles. The number of carbonyl (C=O) groups is 2. The number of hydrogen-bond acceptors (Lipinski definition) is 6. The van der Waals surface area contributed by atoms with Gasteiger partial charge in [0.05, 0.1) is 25.5 Å². The molecule has 1 heterocycles. The fraction of sp³-hybridized carbons (Fsp3) is 0.200. The Morgan fingerprint density at radius 2 is 1.89 bits per heavy atom. The van der Waals surface area contributed by atoms with Crippen LogP contribution in [-0.4, -0.2) is 39.3 Å². The van der Waals surface area contributed by atoms with Gasteiger partial charge >= 0.3 is 5.97 Å². The number of hydrogen-bond donors (Lipinski definition) is 1. The third-order valence-electron chi connectivity index (χ3n) is 3.87. The van der Waals surface area contributed by atoms with Gasteiger partial charge in [-0.1, -0.05) is 12.1 Å². The van der Waals surface area contributed by atoms with Crippen LogP contribution in [0.2, 0.25) is 0 Å². The molecule has 0 saturated carbocycles. The number of esters is 1. The third kappa shape index (κ3) is 4.20. The van der Waals surface area contributed by atoms with Crippen molar-refractivity contribution in [3.05, 3.63) is 53.6 Å². The standard InChI is InChI=1S/C20H19NO6/c1-24-16-11-13(12-17-19(16)27-10-9-26-17)7-8-18(22)21-15-6-4-3-5-14(15)20(23)25-2/h3-8,11-12H,9-10H2,1-2H3,(H,21,22)/b8-7+. The van der Waals surface area contributed by atoms with Crippen LogP contribution in [0, 0.1) is 0 Å². The molecule has 7 heteroatoms. The Kier molecular flexibility index (Phi) is 5.61. The van der Waals surface area contributed by atoms with Crippen molar-refractivity contribution >= 4 is 23.6 Å². The summed E-state index contributed by atoms with van der Waals surface area (Å²) in [6.07, 6.45) is 2.98. The molecule has 0 atom stereocenters. The van der Waals surface area contributed by atoms with E-state index in [1.165, 1.54) is 20.3 Å². The summed E-state index contributed by atoms with van der Waals surface area (Å²) >= 11 is 0. The monoisotopic (exact) mass is 369 g/mol. The second-order valence-electron chi connectivity index (χ2n) is 5.61. The molecule has 0 bridgehead atoms. The predicted octanol–water partition coefficient (Wildman–Crippen LogP) is 2.90. The van der Waals surface area contributed by atoms with E-state index in [1.807, 2.05) is 0 Å². The van der Waals surface area contributed by atoms with Crippen molar-refractivity contribution in [2.24, 2.45) is 0 Å². The quantitative estimate of drug-likeness (QED) is 0.645. The maximum atomic E-state index is 12.3. The summed E-state index contributed by atoms with van der Waals surface area (Å²) in [5.74, 6) is 0.740. The number of methoxy groups -OCH3 is 2. The van der Waals surface area contributed by atoms with E-state index >= 15 is 0 Å². The first-order valence-corrected chi connectivity index (χ1v) is 8.26. The lowest BCUT2D eigenvalue weighted by Crippen LogP contribution is -2.16. The highest BCUT2D eigenvalue weighted by Crippen LogP contribution is 2.40. The molecule has 0 fully saturated rings. The molecule has 0 unspecified atom stereocenters. The van der Waals surface area contributed by atoms with Gasteiger partial charge in [-0.15, -0.1) is 0 Å². The van der Waals surface area contributed by atoms with Crippen LogP contribution in [-0.2, 0) is 9.53 Å². The second-order valence-corrected chi connectivity index (χ2v) is 5.61. The summed E-state index contributed by atoms with van der Waals surface area (Å²) in [6, 6.07) is 10.1. The molecule has 1 aliphatic rings. The van der Waals surface area contributed by atoms with Crippen molar-refractivity contribution in [1.29, 1.82) is 0 Å². The van der Waals surface area contributed by atoms with Crippen molar-refractivity contribution in [3.63, 3.8) is 0 Å². The van der Waals surface area contributed by atoms with Crippen LogP contribution in [0.1, 0.15) is 15.9 Å². The molecule has 0 aliphatic carbocycles. The highest BCUT2D eigenvalue weighted by molar-refractivity contribution is 6.06. The summed E-state index contributed by atoms with van der Waals surface area (Å²) in [5.41, 5.74) is 1.37. The highest BCUT2D eigenvalue weighted by Gasteiger charge is 2.18. The number of carbonyl (C=O) groups excluding carboxylic acids is 2. The predicted molar refractivity (Wildman–Crippen MR) is 99.4 cm³/mol. The lowest BCUT2D eigenvalue weighted by Gasteiger charge is -2.20. The van der Waals surface area contributed by atoms with Gasteiger partial charge in [-0.2, -0.15) is 0 Å². The van der Waals surface area contributed by atoms with E-state index < -0.39 is 5.97 Å². The van der Waals surface area contributed by atoms with E-state index in [-0.39, 0.29) is 11.5 Å². The molecule has 7 nitrogen and oxygen atoms in total. The molecular weight excluding hydrogens is 350 g/mol. The average molecular weight is 369 g/mol. The topological polar surface area (TPSA) is 83.1 Å². The van der Waals surface area contributed by atoms with Gasteiger partial charge in [0.25, 0.3) is 0 Å². The normalized spacial score (nSPS) is 12.5. The molecule has 1 aliphatic heterocycles. The van der Waals surface area contributed by atoms with E-state index in [0.717, 1.165) is 0 Å². The Balaban J connectivity index is 1.77. The van der Waals surface area contributed by atoms with Crippen molar-refractivity contribution in [1.82, 2.24) is 0 Å². The van der Waals surface area contributed by atoms with E-state index in [2.05, 4.69) is 5.32 Å². The number of benzene rings is 2. The number of para-hydroxylation sites is 1. The first kappa shape index (κ1) is 18.3. The molecule has 0 spiro atoms. The summed E-state index contributed by atoms with van der Waals surface area (Å²) in [7, 11) is 2.83. The summed E-state index contributed by atoms with van der Waals surface area (Å²) < 4.78 is 21.2. The largest absolute Gasteiger partial charge is 0.493 e. The van der Waals surface area contributed by atoms with Crippen LogP contribution in [0.5, 0.6) is 17.2 Å². The zero-order valence-corrected chi connectivity index (χ0v) is 15.0. The molecule has 140 valence electrons. The van der Waals surface area contributed by atoms with E-state index in [9.17, 15) is 9.59 Å². The van der Waals surface area contributed by atoms with Crippen LogP contribution >= 0.6 is 0 Å². The number of rotatable bonds is 5. The summed E-state index contributed by atoms with van der Waals surface area (Å²) in [4.78, 5) is 24.0. The van der Waals surface area contributed by atoms with Gasteiger partial charge in [0, 0.05) is 6.08 Å². The molecule has 3 rings (SSSR count). The Morgan fingerprint density at radius 3 is 2.67 bits per heavy atom. The Labute approximate surface area is 156 Å². The Hall–Kier alpha value is -3.48. The molecule has 1 N–H and O–H groups in total. The fourth-order valence-corrected chi connectivity index (χ4v) is 2.62. The number of ether oxygens (including phenoxy) is 4. The van der Waals surface area contributed by atoms with Crippen molar-refractivity contribution < 1.29 is 28.5 Å². The van der Waals surface area contributed by atoms with Gasteiger partial charge in [0.2, 0.25) is 11.7 Å². The minimum atomic E-state index is -0.522. The van der Waals surface area contributed by atoms with Gasteiger partial charge in [-0.25, -0.2) is 4.79 Å². The summed E-state index contributed by atoms with van der Waals surface area (Å²) in [5, 5.41) is 2.67. The SMILES string of the molecule is COC(=O)c1ccccc1NC(=O)/C=C/c1cc(OC)c2c(c1)OCCO2. The van der Waals surface area contributed by atoms with Crippen LogP contribution in [0.25, 0.3) is 6.08 Å². The van der Waals surface area contributed by atoms with Crippen LogP contribution in [0.4, 0.5) is 5.69 Å². The number of amides is 1. The van der Waals surface area contributed by atoms with Gasteiger partial charge in [-0.3, -0.25) is 4.79 Å². The van der Waals surface area contributed by atoms with Crippen molar-refractivity contribution in [3.8, 4) is 17.2 Å². The number of anilines is 1. The number of fused-ring (bicyclic) bond motifs is 1. The molecule has 2 aromatic carbocycles. The molecule has 2 aromatic rings. The van der Waals surface area contributed by atoms with Gasteiger partial charge in [0.15, 0.2) is 11.5 Å². The third-order valence-corrected chi connectivity index (χ3v) is 3.87. The zero-order valence-electron chi connectivity index (χ0n) is 15.0. The first-order chi connectivity index (χ1) is 13.1. The van der Waals surface area contributed by atoms with Gasteiger partial charge in [0.1, 0.15) is 13.2 Å². The van der Waals surface area contributed by atoms with Crippen LogP contribution in [0.3, 0.4) is 0 Å². The average Bonchev–Trinajstić information content (AvgIpc) is 2.71. The molecular formula is C20H19NO6. The minimum absolute atomic E-state index is 0.280. The molecule has 1 amide bonds. The maximum absolute atomic E-state index is 12.3. The van der Waals surface area contributed by atoms with Crippen LogP contribution in [0.15, 0.2) is 42.5 Å². The maximum Gasteiger partial charge on any atom is 0.339 e. The Bertz CT molecular complexity index is 873.